The van der Waals surface area contributed by atoms with E-state index in [9.17, 15) is 8.42 Å². The average Bonchev–Trinajstić information content (AvgIpc) is 2.48. The van der Waals surface area contributed by atoms with Gasteiger partial charge in [-0.25, -0.2) is 8.42 Å². The molecule has 1 aromatic carbocycles. The highest BCUT2D eigenvalue weighted by atomic mass is 127. The molecule has 0 spiro atoms. The summed E-state index contributed by atoms with van der Waals surface area (Å²) in [7, 11) is 0.364. The molecule has 1 rings (SSSR count). The molecule has 0 saturated heterocycles. The lowest BCUT2D eigenvalue weighted by atomic mass is 10.2. The van der Waals surface area contributed by atoms with Crippen molar-refractivity contribution in [3.05, 3.63) is 28.2 Å². The zero-order chi connectivity index (χ0) is 17.5. The van der Waals surface area contributed by atoms with Crippen LogP contribution in [0.4, 0.5) is 0 Å². The Balaban J connectivity index is 0.00000529. The van der Waals surface area contributed by atoms with E-state index in [2.05, 4.69) is 31.6 Å². The molecule has 0 aliphatic carbocycles. The Labute approximate surface area is 169 Å². The smallest absolute Gasteiger partial charge is 0.191 e. The number of ether oxygens (including phenoxy) is 1. The molecule has 2 N–H and O–H groups in total. The number of guanidine groups is 1. The van der Waals surface area contributed by atoms with Gasteiger partial charge < -0.3 is 15.4 Å². The van der Waals surface area contributed by atoms with E-state index in [1.54, 1.807) is 14.2 Å². The van der Waals surface area contributed by atoms with Crippen LogP contribution in [0, 0.1) is 0 Å². The van der Waals surface area contributed by atoms with Crippen LogP contribution in [0.25, 0.3) is 0 Å². The summed E-state index contributed by atoms with van der Waals surface area (Å²) in [6.45, 7) is 2.53. The summed E-state index contributed by atoms with van der Waals surface area (Å²) in [6.07, 6.45) is 1.78. The third kappa shape index (κ3) is 9.07. The maximum absolute atomic E-state index is 11.2. The molecular formula is C15H25BrIN3O3S. The summed E-state index contributed by atoms with van der Waals surface area (Å²) in [6, 6.07) is 5.85. The molecule has 6 nitrogen and oxygen atoms in total. The van der Waals surface area contributed by atoms with Crippen molar-refractivity contribution in [1.29, 1.82) is 0 Å². The van der Waals surface area contributed by atoms with Gasteiger partial charge in [0.05, 0.1) is 17.3 Å². The molecular weight excluding hydrogens is 509 g/mol. The van der Waals surface area contributed by atoms with Crippen LogP contribution in [0.2, 0.25) is 0 Å². The van der Waals surface area contributed by atoms with Crippen molar-refractivity contribution in [2.75, 3.05) is 26.2 Å². The first kappa shape index (κ1) is 23.4. The van der Waals surface area contributed by atoms with Gasteiger partial charge in [0.1, 0.15) is 15.6 Å². The van der Waals surface area contributed by atoms with E-state index in [4.69, 9.17) is 4.74 Å². The second kappa shape index (κ2) is 11.1. The number of rotatable bonds is 7. The molecule has 0 saturated carbocycles. The number of sulfone groups is 1. The summed E-state index contributed by atoms with van der Waals surface area (Å²) in [5.41, 5.74) is 1.07. The second-order valence-electron chi connectivity index (χ2n) is 5.36. The van der Waals surface area contributed by atoms with Crippen molar-refractivity contribution < 1.29 is 13.2 Å². The van der Waals surface area contributed by atoms with Crippen LogP contribution in [0.3, 0.4) is 0 Å². The van der Waals surface area contributed by atoms with Gasteiger partial charge in [-0.15, -0.1) is 24.0 Å². The topological polar surface area (TPSA) is 79.8 Å². The zero-order valence-corrected chi connectivity index (χ0v) is 19.0. The fourth-order valence-electron chi connectivity index (χ4n) is 1.90. The number of hydrogen-bond donors (Lipinski definition) is 2. The van der Waals surface area contributed by atoms with Gasteiger partial charge in [0.15, 0.2) is 5.96 Å². The molecule has 1 aromatic rings. The van der Waals surface area contributed by atoms with E-state index in [0.29, 0.717) is 18.9 Å². The summed E-state index contributed by atoms with van der Waals surface area (Å²) < 4.78 is 28.5. The van der Waals surface area contributed by atoms with E-state index in [-0.39, 0.29) is 35.8 Å². The molecule has 1 unspecified atom stereocenters. The molecule has 0 aromatic heterocycles. The Bertz CT molecular complexity index is 653. The van der Waals surface area contributed by atoms with Crippen LogP contribution in [-0.2, 0) is 16.4 Å². The monoisotopic (exact) mass is 533 g/mol. The molecule has 0 aliphatic rings. The predicted molar refractivity (Wildman–Crippen MR) is 113 cm³/mol. The Morgan fingerprint density at radius 3 is 2.58 bits per heavy atom. The van der Waals surface area contributed by atoms with Crippen LogP contribution in [0.5, 0.6) is 5.75 Å². The van der Waals surface area contributed by atoms with Crippen LogP contribution in [-0.4, -0.2) is 46.6 Å². The lowest BCUT2D eigenvalue weighted by Crippen LogP contribution is -2.42. The Morgan fingerprint density at radius 1 is 1.42 bits per heavy atom. The third-order valence-corrected chi connectivity index (χ3v) is 4.80. The molecule has 0 amide bonds. The lowest BCUT2D eigenvalue weighted by Gasteiger charge is -2.18. The molecule has 0 bridgehead atoms. The molecule has 0 radical (unpaired) electrons. The minimum Gasteiger partial charge on any atom is -0.496 e. The average molecular weight is 534 g/mol. The third-order valence-electron chi connectivity index (χ3n) is 3.20. The van der Waals surface area contributed by atoms with E-state index < -0.39 is 9.84 Å². The van der Waals surface area contributed by atoms with Crippen LogP contribution in [0.15, 0.2) is 27.7 Å². The normalized spacial score (nSPS) is 13.0. The highest BCUT2D eigenvalue weighted by Crippen LogP contribution is 2.25. The number of methoxy groups -OCH3 is 1. The first-order valence-electron chi connectivity index (χ1n) is 7.22. The first-order valence-corrected chi connectivity index (χ1v) is 10.1. The summed E-state index contributed by atoms with van der Waals surface area (Å²) in [4.78, 5) is 4.15. The maximum atomic E-state index is 11.2. The number of nitrogens with zero attached hydrogens (tertiary/aromatic N) is 1. The quantitative estimate of drug-likeness (QED) is 0.320. The van der Waals surface area contributed by atoms with Gasteiger partial charge in [0.25, 0.3) is 0 Å². The molecule has 0 aliphatic heterocycles. The summed E-state index contributed by atoms with van der Waals surface area (Å²) in [5.74, 6) is 1.58. The Hall–Kier alpha value is -0.550. The fraction of sp³-hybridized carbons (Fsp3) is 0.533. The lowest BCUT2D eigenvalue weighted by molar-refractivity contribution is 0.412. The molecule has 24 heavy (non-hydrogen) atoms. The first-order chi connectivity index (χ1) is 10.7. The van der Waals surface area contributed by atoms with E-state index in [0.717, 1.165) is 15.8 Å². The highest BCUT2D eigenvalue weighted by Gasteiger charge is 2.09. The maximum Gasteiger partial charge on any atom is 0.191 e. The number of nitrogens with one attached hydrogen (secondary N) is 2. The van der Waals surface area contributed by atoms with Crippen LogP contribution < -0.4 is 15.4 Å². The molecule has 0 heterocycles. The van der Waals surface area contributed by atoms with Crippen molar-refractivity contribution in [2.45, 2.75) is 25.9 Å². The van der Waals surface area contributed by atoms with Gasteiger partial charge in [-0.05, 0) is 47.0 Å². The second-order valence-corrected chi connectivity index (χ2v) is 8.47. The van der Waals surface area contributed by atoms with Gasteiger partial charge in [-0.2, -0.15) is 0 Å². The van der Waals surface area contributed by atoms with Crippen molar-refractivity contribution in [3.63, 3.8) is 0 Å². The van der Waals surface area contributed by atoms with Gasteiger partial charge >= 0.3 is 0 Å². The van der Waals surface area contributed by atoms with Crippen molar-refractivity contribution in [2.24, 2.45) is 4.99 Å². The van der Waals surface area contributed by atoms with Gasteiger partial charge in [0, 0.05) is 25.9 Å². The van der Waals surface area contributed by atoms with Gasteiger partial charge in [-0.3, -0.25) is 4.99 Å². The van der Waals surface area contributed by atoms with Gasteiger partial charge in [-0.1, -0.05) is 6.07 Å². The minimum absolute atomic E-state index is 0. The molecule has 1 atom stereocenters. The standard InChI is InChI=1S/C15H24BrN3O3S.HI/c1-11(7-8-23(4,20)21)19-15(17-2)18-10-12-5-6-14(22-3)13(16)9-12;/h5-6,9,11H,7-8,10H2,1-4H3,(H2,17,18,19);1H. The number of hydrogen-bond acceptors (Lipinski definition) is 4. The fourth-order valence-corrected chi connectivity index (χ4v) is 3.27. The van der Waals surface area contributed by atoms with Crippen LogP contribution >= 0.6 is 39.9 Å². The molecule has 0 fully saturated rings. The van der Waals surface area contributed by atoms with E-state index >= 15 is 0 Å². The van der Waals surface area contributed by atoms with E-state index in [1.165, 1.54) is 6.26 Å². The SMILES string of the molecule is CN=C(NCc1ccc(OC)c(Br)c1)NC(C)CCS(C)(=O)=O.I. The number of benzene rings is 1. The van der Waals surface area contributed by atoms with Crippen molar-refractivity contribution in [3.8, 4) is 5.75 Å². The summed E-state index contributed by atoms with van der Waals surface area (Å²) >= 11 is 3.46. The zero-order valence-electron chi connectivity index (χ0n) is 14.3. The largest absolute Gasteiger partial charge is 0.496 e. The number of halogens is 2. The molecule has 138 valence electrons. The molecule has 9 heteroatoms. The van der Waals surface area contributed by atoms with Crippen LogP contribution in [0.1, 0.15) is 18.9 Å². The summed E-state index contributed by atoms with van der Waals surface area (Å²) in [5, 5.41) is 6.39. The Kier molecular flexibility index (Phi) is 10.9. The number of aliphatic imine (C=N–C) groups is 1. The van der Waals surface area contributed by atoms with Crippen molar-refractivity contribution >= 4 is 55.7 Å². The van der Waals surface area contributed by atoms with Crippen molar-refractivity contribution in [1.82, 2.24) is 10.6 Å². The van der Waals surface area contributed by atoms with Gasteiger partial charge in [0.2, 0.25) is 0 Å². The Morgan fingerprint density at radius 2 is 2.08 bits per heavy atom. The van der Waals surface area contributed by atoms with E-state index in [1.807, 2.05) is 25.1 Å². The highest BCUT2D eigenvalue weighted by molar-refractivity contribution is 14.0. The minimum atomic E-state index is -2.95. The predicted octanol–water partition coefficient (Wildman–Crippen LogP) is 2.56.